The van der Waals surface area contributed by atoms with E-state index in [1.54, 1.807) is 6.21 Å². The lowest BCUT2D eigenvalue weighted by molar-refractivity contribution is -0.283. The van der Waals surface area contributed by atoms with Crippen molar-refractivity contribution in [2.75, 3.05) is 13.2 Å². The highest BCUT2D eigenvalue weighted by Gasteiger charge is 2.68. The van der Waals surface area contributed by atoms with E-state index in [1.807, 2.05) is 30.3 Å². The predicted molar refractivity (Wildman–Crippen MR) is 201 cm³/mol. The summed E-state index contributed by atoms with van der Waals surface area (Å²) >= 11 is 5.50. The van der Waals surface area contributed by atoms with Crippen molar-refractivity contribution in [2.24, 2.45) is 51.4 Å². The molecule has 1 spiro atoms. The number of nitrogens with one attached hydrogen (secondary N) is 2. The van der Waals surface area contributed by atoms with Crippen LogP contribution in [0.15, 0.2) is 47.1 Å². The van der Waals surface area contributed by atoms with Gasteiger partial charge in [0.15, 0.2) is 17.2 Å². The summed E-state index contributed by atoms with van der Waals surface area (Å²) in [5, 5.41) is 39.3. The number of ether oxygens (including phenoxy) is 4. The molecule has 3 aliphatic heterocycles. The second-order valence-electron chi connectivity index (χ2n) is 17.8. The van der Waals surface area contributed by atoms with Crippen molar-refractivity contribution in [1.29, 1.82) is 0 Å². The lowest BCUT2D eigenvalue weighted by atomic mass is 9.47. The van der Waals surface area contributed by atoms with Crippen LogP contribution in [0.4, 0.5) is 0 Å². The molecule has 3 saturated carbocycles. The molecule has 4 aliphatic carbocycles. The van der Waals surface area contributed by atoms with E-state index in [4.69, 9.17) is 31.2 Å². The van der Waals surface area contributed by atoms with Crippen LogP contribution >= 0.6 is 12.2 Å². The van der Waals surface area contributed by atoms with Crippen molar-refractivity contribution in [2.45, 2.75) is 134 Å². The molecular weight excluding hydrogens is 679 g/mol. The van der Waals surface area contributed by atoms with Gasteiger partial charge in [-0.1, -0.05) is 69.7 Å². The molecule has 52 heavy (non-hydrogen) atoms. The molecule has 0 unspecified atom stereocenters. The molecule has 0 bridgehead atoms. The molecule has 6 fully saturated rings. The number of aliphatic hydroxyl groups excluding tert-OH is 3. The molecule has 11 heteroatoms. The van der Waals surface area contributed by atoms with Gasteiger partial charge < -0.3 is 39.6 Å². The number of fused-ring (bicyclic) bond motifs is 7. The fourth-order valence-electron chi connectivity index (χ4n) is 12.2. The minimum absolute atomic E-state index is 0.120. The molecule has 8 rings (SSSR count). The monoisotopic (exact) mass is 737 g/mol. The molecule has 10 nitrogen and oxygen atoms in total. The lowest BCUT2D eigenvalue weighted by Crippen LogP contribution is -2.66. The fraction of sp³-hybridized carbons (Fsp3) is 0.756. The first kappa shape index (κ1) is 37.0. The highest BCUT2D eigenvalue weighted by molar-refractivity contribution is 7.80. The van der Waals surface area contributed by atoms with Gasteiger partial charge in [-0.05, 0) is 110 Å². The summed E-state index contributed by atoms with van der Waals surface area (Å²) in [6.45, 7) is 10.2. The van der Waals surface area contributed by atoms with E-state index in [0.29, 0.717) is 41.6 Å². The molecule has 0 radical (unpaired) electrons. The second kappa shape index (κ2) is 14.3. The van der Waals surface area contributed by atoms with Gasteiger partial charge in [0.2, 0.25) is 0 Å². The summed E-state index contributed by atoms with van der Waals surface area (Å²) in [5.74, 6) is 3.17. The number of thiocarbonyl (C=S) groups is 1. The third kappa shape index (κ3) is 6.29. The number of hydrogen-bond acceptors (Lipinski definition) is 9. The van der Waals surface area contributed by atoms with Crippen molar-refractivity contribution >= 4 is 23.5 Å². The van der Waals surface area contributed by atoms with Crippen molar-refractivity contribution < 1.29 is 34.3 Å². The molecular formula is C41H59N3O7S. The van der Waals surface area contributed by atoms with Gasteiger partial charge in [0, 0.05) is 12.3 Å². The van der Waals surface area contributed by atoms with Crippen LogP contribution in [0.1, 0.15) is 91.0 Å². The summed E-state index contributed by atoms with van der Waals surface area (Å²) in [5.41, 5.74) is 5.58. The quantitative estimate of drug-likeness (QED) is 0.117. The van der Waals surface area contributed by atoms with Crippen LogP contribution < -0.4 is 10.7 Å². The predicted octanol–water partition coefficient (Wildman–Crippen LogP) is 5.04. The Morgan fingerprint density at radius 3 is 2.62 bits per heavy atom. The molecule has 16 atom stereocenters. The number of hydrazone groups is 1. The number of hydrogen-bond donors (Lipinski definition) is 5. The molecule has 1 aromatic carbocycles. The van der Waals surface area contributed by atoms with Crippen LogP contribution in [0.3, 0.4) is 0 Å². The third-order valence-corrected chi connectivity index (χ3v) is 15.2. The van der Waals surface area contributed by atoms with Crippen LogP contribution in [0, 0.1) is 46.3 Å². The number of aliphatic hydroxyl groups is 3. The smallest absolute Gasteiger partial charge is 0.187 e. The maximum atomic E-state index is 11.2. The Bertz CT molecular complexity index is 1520. The molecule has 3 heterocycles. The third-order valence-electron chi connectivity index (χ3n) is 15.0. The van der Waals surface area contributed by atoms with Crippen molar-refractivity contribution in [1.82, 2.24) is 10.7 Å². The van der Waals surface area contributed by atoms with Crippen molar-refractivity contribution in [3.63, 3.8) is 0 Å². The van der Waals surface area contributed by atoms with Gasteiger partial charge >= 0.3 is 0 Å². The number of allylic oxidation sites excluding steroid dienone is 1. The molecule has 286 valence electrons. The van der Waals surface area contributed by atoms with Crippen LogP contribution in [-0.2, 0) is 18.9 Å². The standard InChI is InChI=1S/C41H59N3O7S/c1-23-12-17-41(48-22-23)24(2)33-31(51-41)19-30-28-11-10-26-18-27(13-15-39(26,3)29(28)14-16-40(30,33)4)49-37-34(36(47)35(46)32(21-45)50-37)43-38(52)44-42-20-25-8-6-5-7-9-25/h5-10,20,23-24,27-37,45-47H,11-19,21-22H2,1-4H3,(H2,43,44,52)/b42-20+/t23-,24+,27+,28-,29+,30+,31+,32-,33+,34-,35-,36-,37-,39+,40+,41-/m1/s1. The lowest BCUT2D eigenvalue weighted by Gasteiger charge is -2.58. The van der Waals surface area contributed by atoms with E-state index < -0.39 is 37.3 Å². The molecule has 0 aromatic heterocycles. The van der Waals surface area contributed by atoms with Crippen LogP contribution in [-0.4, -0.2) is 88.5 Å². The number of benzene rings is 1. The molecule has 7 aliphatic rings. The van der Waals surface area contributed by atoms with Crippen LogP contribution in [0.25, 0.3) is 0 Å². The van der Waals surface area contributed by atoms with E-state index in [9.17, 15) is 15.3 Å². The maximum absolute atomic E-state index is 11.2. The van der Waals surface area contributed by atoms with Gasteiger partial charge in [-0.15, -0.1) is 0 Å². The van der Waals surface area contributed by atoms with E-state index in [-0.39, 0.29) is 27.8 Å². The van der Waals surface area contributed by atoms with Gasteiger partial charge in [0.05, 0.1) is 31.6 Å². The average molecular weight is 738 g/mol. The Morgan fingerprint density at radius 1 is 1.06 bits per heavy atom. The van der Waals surface area contributed by atoms with Gasteiger partial charge in [0.25, 0.3) is 0 Å². The maximum Gasteiger partial charge on any atom is 0.187 e. The Kier molecular flexibility index (Phi) is 10.2. The topological polar surface area (TPSA) is 134 Å². The first-order chi connectivity index (χ1) is 25.0. The van der Waals surface area contributed by atoms with E-state index in [1.165, 1.54) is 24.8 Å². The Morgan fingerprint density at radius 2 is 1.87 bits per heavy atom. The van der Waals surface area contributed by atoms with Gasteiger partial charge in [0.1, 0.15) is 24.4 Å². The van der Waals surface area contributed by atoms with Gasteiger partial charge in [-0.25, -0.2) is 0 Å². The zero-order chi connectivity index (χ0) is 36.4. The van der Waals surface area contributed by atoms with Crippen molar-refractivity contribution in [3.05, 3.63) is 47.5 Å². The minimum Gasteiger partial charge on any atom is -0.394 e. The Balaban J connectivity index is 0.936. The van der Waals surface area contributed by atoms with E-state index >= 15 is 0 Å². The zero-order valence-corrected chi connectivity index (χ0v) is 32.0. The van der Waals surface area contributed by atoms with E-state index in [0.717, 1.165) is 50.7 Å². The number of nitrogens with zero attached hydrogens (tertiary/aromatic N) is 1. The summed E-state index contributed by atoms with van der Waals surface area (Å²) < 4.78 is 26.3. The largest absolute Gasteiger partial charge is 0.394 e. The normalized spacial score (nSPS) is 48.4. The molecule has 5 N–H and O–H groups in total. The van der Waals surface area contributed by atoms with Gasteiger partial charge in [-0.2, -0.15) is 5.10 Å². The first-order valence-electron chi connectivity index (χ1n) is 19.9. The van der Waals surface area contributed by atoms with Crippen molar-refractivity contribution in [3.8, 4) is 0 Å². The SMILES string of the molecule is C[C@@H]1CC[C@@]2(OC1)O[C@H]1C[C@H]3[C@@H]4CC=C5C[C@@H](O[C@@H]6O[C@H](CO)[C@@H](O)[C@H](O)[C@H]6NC(=S)N/N=C/c6ccccc6)CC[C@]5(C)[C@H]4CC[C@]3(C)[C@H]1[C@@H]2C. The highest BCUT2D eigenvalue weighted by Crippen LogP contribution is 2.70. The molecule has 1 aromatic rings. The summed E-state index contributed by atoms with van der Waals surface area (Å²) in [6.07, 6.45) is 9.49. The summed E-state index contributed by atoms with van der Waals surface area (Å²) in [7, 11) is 0. The molecule has 0 amide bonds. The summed E-state index contributed by atoms with van der Waals surface area (Å²) in [4.78, 5) is 0. The van der Waals surface area contributed by atoms with Crippen LogP contribution in [0.5, 0.6) is 0 Å². The average Bonchev–Trinajstić information content (AvgIpc) is 3.58. The minimum atomic E-state index is -1.31. The van der Waals surface area contributed by atoms with Crippen LogP contribution in [0.2, 0.25) is 0 Å². The first-order valence-corrected chi connectivity index (χ1v) is 20.3. The summed E-state index contributed by atoms with van der Waals surface area (Å²) in [6, 6.07) is 8.76. The second-order valence-corrected chi connectivity index (χ2v) is 18.2. The number of rotatable bonds is 6. The highest BCUT2D eigenvalue weighted by atomic mass is 32.1. The zero-order valence-electron chi connectivity index (χ0n) is 31.2. The van der Waals surface area contributed by atoms with E-state index in [2.05, 4.69) is 49.6 Å². The van der Waals surface area contributed by atoms with Gasteiger partial charge in [-0.3, -0.25) is 5.43 Å². The fourth-order valence-corrected chi connectivity index (χ4v) is 12.4. The molecule has 3 saturated heterocycles. The Hall–Kier alpha value is -1.96. The Labute approximate surface area is 314 Å².